The van der Waals surface area contributed by atoms with E-state index in [2.05, 4.69) is 5.32 Å². The van der Waals surface area contributed by atoms with Crippen LogP contribution in [0.5, 0.6) is 5.75 Å². The molecule has 1 amide bonds. The van der Waals surface area contributed by atoms with E-state index >= 15 is 0 Å². The van der Waals surface area contributed by atoms with Gasteiger partial charge in [-0.3, -0.25) is 4.79 Å². The maximum Gasteiger partial charge on any atom is 0.341 e. The standard InChI is InChI=1S/C17H15Cl2NO4/c1-2-23-17(22)12-5-3-4-6-15(12)24-10-16(21)20-14-9-11(18)7-8-13(14)19/h3-9H,2,10H2,1H3,(H,20,21). The lowest BCUT2D eigenvalue weighted by molar-refractivity contribution is -0.118. The largest absolute Gasteiger partial charge is 0.483 e. The highest BCUT2D eigenvalue weighted by molar-refractivity contribution is 6.35. The summed E-state index contributed by atoms with van der Waals surface area (Å²) >= 11 is 11.8. The molecule has 2 rings (SSSR count). The fraction of sp³-hybridized carbons (Fsp3) is 0.176. The topological polar surface area (TPSA) is 64.6 Å². The molecular weight excluding hydrogens is 353 g/mol. The van der Waals surface area contributed by atoms with Gasteiger partial charge in [0.15, 0.2) is 6.61 Å². The second kappa shape index (κ2) is 8.57. The van der Waals surface area contributed by atoms with Crippen LogP contribution in [0.3, 0.4) is 0 Å². The van der Waals surface area contributed by atoms with Crippen LogP contribution in [-0.4, -0.2) is 25.1 Å². The lowest BCUT2D eigenvalue weighted by Gasteiger charge is -2.11. The van der Waals surface area contributed by atoms with Gasteiger partial charge in [0.1, 0.15) is 11.3 Å². The first kappa shape index (κ1) is 18.1. The molecule has 0 heterocycles. The van der Waals surface area contributed by atoms with Gasteiger partial charge in [-0.25, -0.2) is 4.79 Å². The third-order valence-electron chi connectivity index (χ3n) is 2.94. The van der Waals surface area contributed by atoms with Crippen molar-refractivity contribution >= 4 is 40.8 Å². The Morgan fingerprint density at radius 3 is 2.62 bits per heavy atom. The van der Waals surface area contributed by atoms with Gasteiger partial charge in [-0.2, -0.15) is 0 Å². The van der Waals surface area contributed by atoms with Crippen LogP contribution < -0.4 is 10.1 Å². The number of anilines is 1. The van der Waals surface area contributed by atoms with E-state index in [4.69, 9.17) is 32.7 Å². The van der Waals surface area contributed by atoms with Crippen LogP contribution in [0.25, 0.3) is 0 Å². The molecule has 7 heteroatoms. The summed E-state index contributed by atoms with van der Waals surface area (Å²) in [6.07, 6.45) is 0. The van der Waals surface area contributed by atoms with Gasteiger partial charge in [0.25, 0.3) is 5.91 Å². The van der Waals surface area contributed by atoms with Crippen molar-refractivity contribution in [3.05, 3.63) is 58.1 Å². The Kier molecular flexibility index (Phi) is 6.46. The second-order valence-electron chi connectivity index (χ2n) is 4.68. The molecule has 5 nitrogen and oxygen atoms in total. The molecule has 1 N–H and O–H groups in total. The number of para-hydroxylation sites is 1. The summed E-state index contributed by atoms with van der Waals surface area (Å²) in [4.78, 5) is 23.9. The molecule has 0 aliphatic heterocycles. The molecule has 0 saturated carbocycles. The zero-order chi connectivity index (χ0) is 17.5. The van der Waals surface area contributed by atoms with E-state index in [0.29, 0.717) is 15.7 Å². The van der Waals surface area contributed by atoms with Crippen molar-refractivity contribution in [1.29, 1.82) is 0 Å². The van der Waals surface area contributed by atoms with E-state index in [-0.39, 0.29) is 24.5 Å². The highest BCUT2D eigenvalue weighted by Crippen LogP contribution is 2.25. The Bertz CT molecular complexity index is 749. The quantitative estimate of drug-likeness (QED) is 0.777. The minimum atomic E-state index is -0.508. The van der Waals surface area contributed by atoms with E-state index in [1.165, 1.54) is 6.07 Å². The van der Waals surface area contributed by atoms with Crippen LogP contribution in [0.1, 0.15) is 17.3 Å². The van der Waals surface area contributed by atoms with Crippen LogP contribution in [0, 0.1) is 0 Å². The molecule has 0 atom stereocenters. The van der Waals surface area contributed by atoms with Crippen molar-refractivity contribution in [2.45, 2.75) is 6.92 Å². The Morgan fingerprint density at radius 1 is 1.12 bits per heavy atom. The zero-order valence-electron chi connectivity index (χ0n) is 12.8. The maximum atomic E-state index is 12.0. The average molecular weight is 368 g/mol. The zero-order valence-corrected chi connectivity index (χ0v) is 14.4. The van der Waals surface area contributed by atoms with Crippen LogP contribution in [0.4, 0.5) is 5.69 Å². The number of nitrogens with one attached hydrogen (secondary N) is 1. The number of ether oxygens (including phenoxy) is 2. The molecule has 0 saturated heterocycles. The molecule has 0 fully saturated rings. The predicted molar refractivity (Wildman–Crippen MR) is 93.0 cm³/mol. The normalized spacial score (nSPS) is 10.1. The van der Waals surface area contributed by atoms with Crippen molar-refractivity contribution in [1.82, 2.24) is 0 Å². The van der Waals surface area contributed by atoms with Crippen molar-refractivity contribution in [2.75, 3.05) is 18.5 Å². The van der Waals surface area contributed by atoms with Gasteiger partial charge in [-0.15, -0.1) is 0 Å². The number of halogens is 2. The average Bonchev–Trinajstić information content (AvgIpc) is 2.57. The van der Waals surface area contributed by atoms with Gasteiger partial charge in [-0.05, 0) is 37.3 Å². The van der Waals surface area contributed by atoms with Crippen molar-refractivity contribution < 1.29 is 19.1 Å². The molecule has 2 aromatic carbocycles. The third-order valence-corrected chi connectivity index (χ3v) is 3.51. The minimum Gasteiger partial charge on any atom is -0.483 e. The van der Waals surface area contributed by atoms with E-state index < -0.39 is 11.9 Å². The molecule has 0 radical (unpaired) electrons. The number of hydrogen-bond acceptors (Lipinski definition) is 4. The number of carbonyl (C=O) groups is 2. The molecule has 0 aromatic heterocycles. The summed E-state index contributed by atoms with van der Waals surface area (Å²) in [5.41, 5.74) is 0.643. The van der Waals surface area contributed by atoms with Gasteiger partial charge >= 0.3 is 5.97 Å². The molecule has 0 aliphatic carbocycles. The number of hydrogen-bond donors (Lipinski definition) is 1. The highest BCUT2D eigenvalue weighted by Gasteiger charge is 2.14. The van der Waals surface area contributed by atoms with E-state index in [1.807, 2.05) is 0 Å². The van der Waals surface area contributed by atoms with Gasteiger partial charge in [-0.1, -0.05) is 35.3 Å². The second-order valence-corrected chi connectivity index (χ2v) is 5.52. The molecule has 126 valence electrons. The van der Waals surface area contributed by atoms with Gasteiger partial charge in [0, 0.05) is 5.02 Å². The van der Waals surface area contributed by atoms with Crippen molar-refractivity contribution in [3.8, 4) is 5.75 Å². The molecule has 0 spiro atoms. The van der Waals surface area contributed by atoms with Crippen LogP contribution in [-0.2, 0) is 9.53 Å². The van der Waals surface area contributed by atoms with Gasteiger partial charge in [0.05, 0.1) is 17.3 Å². The Hall–Kier alpha value is -2.24. The Balaban J connectivity index is 2.02. The van der Waals surface area contributed by atoms with E-state index in [1.54, 1.807) is 43.3 Å². The monoisotopic (exact) mass is 367 g/mol. The smallest absolute Gasteiger partial charge is 0.341 e. The molecule has 0 unspecified atom stereocenters. The lowest BCUT2D eigenvalue weighted by Crippen LogP contribution is -2.21. The summed E-state index contributed by atoms with van der Waals surface area (Å²) in [6, 6.07) is 11.3. The number of carbonyl (C=O) groups excluding carboxylic acids is 2. The number of amides is 1. The summed E-state index contributed by atoms with van der Waals surface area (Å²) < 4.78 is 10.4. The van der Waals surface area contributed by atoms with Crippen molar-refractivity contribution in [2.24, 2.45) is 0 Å². The van der Waals surface area contributed by atoms with Crippen LogP contribution in [0.2, 0.25) is 10.0 Å². The SMILES string of the molecule is CCOC(=O)c1ccccc1OCC(=O)Nc1cc(Cl)ccc1Cl. The first-order valence-electron chi connectivity index (χ1n) is 7.15. The van der Waals surface area contributed by atoms with E-state index in [0.717, 1.165) is 0 Å². The molecule has 2 aromatic rings. The Morgan fingerprint density at radius 2 is 1.88 bits per heavy atom. The molecular formula is C17H15Cl2NO4. The Labute approximate surface area is 149 Å². The van der Waals surface area contributed by atoms with Crippen LogP contribution >= 0.6 is 23.2 Å². The first-order chi connectivity index (χ1) is 11.5. The van der Waals surface area contributed by atoms with Gasteiger partial charge in [0.2, 0.25) is 0 Å². The predicted octanol–water partition coefficient (Wildman–Crippen LogP) is 4.19. The molecule has 0 bridgehead atoms. The number of esters is 1. The molecule has 0 aliphatic rings. The molecule has 24 heavy (non-hydrogen) atoms. The summed E-state index contributed by atoms with van der Waals surface area (Å²) in [5.74, 6) is -0.674. The summed E-state index contributed by atoms with van der Waals surface area (Å²) in [5, 5.41) is 3.41. The fourth-order valence-electron chi connectivity index (χ4n) is 1.89. The van der Waals surface area contributed by atoms with Gasteiger partial charge < -0.3 is 14.8 Å². The number of benzene rings is 2. The highest BCUT2D eigenvalue weighted by atomic mass is 35.5. The maximum absolute atomic E-state index is 12.0. The lowest BCUT2D eigenvalue weighted by atomic mass is 10.2. The van der Waals surface area contributed by atoms with E-state index in [9.17, 15) is 9.59 Å². The fourth-order valence-corrected chi connectivity index (χ4v) is 2.23. The summed E-state index contributed by atoms with van der Waals surface area (Å²) in [6.45, 7) is 1.67. The third kappa shape index (κ3) is 4.88. The van der Waals surface area contributed by atoms with Crippen molar-refractivity contribution in [3.63, 3.8) is 0 Å². The summed E-state index contributed by atoms with van der Waals surface area (Å²) in [7, 11) is 0. The number of rotatable bonds is 6. The first-order valence-corrected chi connectivity index (χ1v) is 7.90. The minimum absolute atomic E-state index is 0.251. The van der Waals surface area contributed by atoms with Crippen LogP contribution in [0.15, 0.2) is 42.5 Å².